The second-order valence-electron chi connectivity index (χ2n) is 15.4. The molecule has 0 radical (unpaired) electrons. The van der Waals surface area contributed by atoms with E-state index in [1.807, 2.05) is 22.7 Å². The van der Waals surface area contributed by atoms with Crippen LogP contribution in [0, 0.1) is 23.1 Å². The van der Waals surface area contributed by atoms with Crippen LogP contribution in [0.1, 0.15) is 88.2 Å². The molecule has 8 nitrogen and oxygen atoms in total. The molecule has 48 heavy (non-hydrogen) atoms. The van der Waals surface area contributed by atoms with E-state index in [4.69, 9.17) is 4.74 Å². The predicted octanol–water partition coefficient (Wildman–Crippen LogP) is 5.48. The van der Waals surface area contributed by atoms with Gasteiger partial charge in [-0.15, -0.1) is 11.8 Å². The molecule has 1 aromatic carbocycles. The highest BCUT2D eigenvalue weighted by atomic mass is 32.2. The highest BCUT2D eigenvalue weighted by Gasteiger charge is 2.54. The molecule has 5 fully saturated rings. The number of nitrogens with zero attached hydrogens (tertiary/aromatic N) is 5. The Labute approximate surface area is 291 Å². The van der Waals surface area contributed by atoms with Crippen molar-refractivity contribution in [1.29, 1.82) is 5.26 Å². The van der Waals surface area contributed by atoms with Crippen molar-refractivity contribution in [3.63, 3.8) is 0 Å². The molecule has 0 aromatic heterocycles. The summed E-state index contributed by atoms with van der Waals surface area (Å²) in [7, 11) is 2.22. The third kappa shape index (κ3) is 6.97. The van der Waals surface area contributed by atoms with Crippen molar-refractivity contribution in [1.82, 2.24) is 24.9 Å². The highest BCUT2D eigenvalue weighted by Crippen LogP contribution is 2.52. The fourth-order valence-electron chi connectivity index (χ4n) is 10.1. The first-order valence-corrected chi connectivity index (χ1v) is 19.7. The Morgan fingerprint density at radius 3 is 2.73 bits per heavy atom. The van der Waals surface area contributed by atoms with Gasteiger partial charge in [0.25, 0.3) is 0 Å². The zero-order chi connectivity index (χ0) is 33.3. The number of halogens is 1. The first-order valence-electron chi connectivity index (χ1n) is 18.7. The zero-order valence-corrected chi connectivity index (χ0v) is 29.6. The smallest absolute Gasteiger partial charge is 0.246 e. The fraction of sp³-hybridized carbons (Fsp3) is 0.737. The summed E-state index contributed by atoms with van der Waals surface area (Å²) in [5, 5.41) is 14.0. The molecule has 262 valence electrons. The maximum absolute atomic E-state index is 14.8. The number of fused-ring (bicyclic) bond motifs is 2. The lowest BCUT2D eigenvalue weighted by Crippen LogP contribution is -2.75. The van der Waals surface area contributed by atoms with Crippen LogP contribution >= 0.6 is 11.8 Å². The highest BCUT2D eigenvalue weighted by molar-refractivity contribution is 8.00. The third-order valence-corrected chi connectivity index (χ3v) is 14.2. The number of hydrogen-bond donors (Lipinski definition) is 1. The number of thioether (sulfide) groups is 1. The first kappa shape index (κ1) is 34.4. The summed E-state index contributed by atoms with van der Waals surface area (Å²) in [5.41, 5.74) is 2.07. The van der Waals surface area contributed by atoms with Crippen molar-refractivity contribution in [2.24, 2.45) is 5.92 Å². The number of carbonyl (C=O) groups is 1. The van der Waals surface area contributed by atoms with Crippen molar-refractivity contribution in [2.45, 2.75) is 131 Å². The number of piperazine rings is 1. The fourth-order valence-corrected chi connectivity index (χ4v) is 11.6. The topological polar surface area (TPSA) is 75.1 Å². The number of hydrogen-bond acceptors (Lipinski definition) is 8. The molecule has 2 saturated carbocycles. The molecule has 7 atom stereocenters. The van der Waals surface area contributed by atoms with E-state index in [0.29, 0.717) is 44.1 Å². The van der Waals surface area contributed by atoms with E-state index in [9.17, 15) is 14.4 Å². The lowest BCUT2D eigenvalue weighted by molar-refractivity contribution is -0.214. The zero-order valence-electron chi connectivity index (χ0n) is 28.8. The van der Waals surface area contributed by atoms with Crippen LogP contribution in [0.5, 0.6) is 0 Å². The van der Waals surface area contributed by atoms with Gasteiger partial charge in [0.05, 0.1) is 31.3 Å². The molecule has 6 unspecified atom stereocenters. The second-order valence-corrected chi connectivity index (χ2v) is 16.9. The van der Waals surface area contributed by atoms with E-state index in [1.165, 1.54) is 63.0 Å². The first-order chi connectivity index (χ1) is 23.4. The van der Waals surface area contributed by atoms with Crippen molar-refractivity contribution < 1.29 is 13.9 Å². The number of likely N-dealkylation sites (N-methyl/N-ethyl adjacent to an activating group) is 1. The van der Waals surface area contributed by atoms with E-state index >= 15 is 0 Å². The summed E-state index contributed by atoms with van der Waals surface area (Å²) in [6.07, 6.45) is 15.7. The Bertz CT molecular complexity index is 1350. The Balaban J connectivity index is 1.21. The summed E-state index contributed by atoms with van der Waals surface area (Å²) >= 11 is 1.97. The van der Waals surface area contributed by atoms with E-state index in [1.54, 1.807) is 6.07 Å². The van der Waals surface area contributed by atoms with E-state index in [0.717, 1.165) is 50.1 Å². The van der Waals surface area contributed by atoms with Gasteiger partial charge in [0.2, 0.25) is 5.91 Å². The van der Waals surface area contributed by atoms with Crippen molar-refractivity contribution in [2.75, 3.05) is 39.8 Å². The van der Waals surface area contributed by atoms with E-state index in [-0.39, 0.29) is 41.1 Å². The molecule has 4 heterocycles. The quantitative estimate of drug-likeness (QED) is 0.300. The third-order valence-electron chi connectivity index (χ3n) is 12.6. The maximum Gasteiger partial charge on any atom is 0.246 e. The van der Waals surface area contributed by atoms with E-state index < -0.39 is 0 Å². The van der Waals surface area contributed by atoms with Crippen molar-refractivity contribution >= 4 is 17.7 Å². The summed E-state index contributed by atoms with van der Waals surface area (Å²) in [5.74, 6) is 0.989. The number of amides is 1. The Kier molecular flexibility index (Phi) is 10.8. The number of nitrogens with one attached hydrogen (secondary N) is 1. The Morgan fingerprint density at radius 2 is 1.98 bits per heavy atom. The summed E-state index contributed by atoms with van der Waals surface area (Å²) in [6, 6.07) is 8.98. The van der Waals surface area contributed by atoms with Gasteiger partial charge in [0, 0.05) is 59.7 Å². The molecule has 4 aliphatic heterocycles. The van der Waals surface area contributed by atoms with Crippen LogP contribution in [0.4, 0.5) is 4.39 Å². The van der Waals surface area contributed by atoms with Gasteiger partial charge in [0.15, 0.2) is 6.35 Å². The lowest BCUT2D eigenvalue weighted by Gasteiger charge is -2.61. The molecule has 3 saturated heterocycles. The van der Waals surface area contributed by atoms with Crippen molar-refractivity contribution in [3.05, 3.63) is 47.8 Å². The molecule has 1 N–H and O–H groups in total. The monoisotopic (exact) mass is 678 g/mol. The minimum Gasteiger partial charge on any atom is -0.348 e. The molecule has 10 heteroatoms. The van der Waals surface area contributed by atoms with Crippen LogP contribution < -0.4 is 5.32 Å². The SMILES string of the molecule is C=CC(=O)N1CCN(C2C3CC[C@]4(Cc5cccc(F)c5CS4)CC3NC(OCC3CCCN3C)N2C2CCCCCC2)CC1CC#N. The largest absolute Gasteiger partial charge is 0.348 e. The molecule has 1 amide bonds. The number of carbonyl (C=O) groups excluding carboxylic acids is 1. The standard InChI is InChI=1S/C38H55FN6O2S/c1-3-35(46)44-21-20-43(24-29(44)16-18-40)36-31-15-17-38(22-27-10-8-14-33(39)32(27)26-48-38)23-34(31)41-37(47-25-30-13-9-19-42(30)2)45(36)28-11-6-4-5-7-12-28/h3,8,10,14,28-31,34,36-37,41H,1,4-7,9,11-13,15-17,19-26H2,2H3/t29?,30?,31?,34?,36?,37?,38-/m0/s1. The van der Waals surface area contributed by atoms with Gasteiger partial charge in [-0.3, -0.25) is 15.0 Å². The van der Waals surface area contributed by atoms with Gasteiger partial charge in [0.1, 0.15) is 5.82 Å². The normalized spacial score (nSPS) is 35.5. The lowest BCUT2D eigenvalue weighted by atomic mass is 9.71. The molecule has 1 spiro atoms. The number of likely N-dealkylation sites (tertiary alicyclic amines) is 1. The van der Waals surface area contributed by atoms with Gasteiger partial charge in [-0.2, -0.15) is 5.26 Å². The summed E-state index contributed by atoms with van der Waals surface area (Å²) in [4.78, 5) is 22.6. The minimum atomic E-state index is -0.191. The number of benzene rings is 1. The maximum atomic E-state index is 14.8. The van der Waals surface area contributed by atoms with Gasteiger partial charge >= 0.3 is 0 Å². The predicted molar refractivity (Wildman–Crippen MR) is 188 cm³/mol. The summed E-state index contributed by atoms with van der Waals surface area (Å²) in [6.45, 7) is 7.68. The van der Waals surface area contributed by atoms with Crippen molar-refractivity contribution in [3.8, 4) is 6.07 Å². The molecular weight excluding hydrogens is 624 g/mol. The van der Waals surface area contributed by atoms with Crippen LogP contribution in [0.25, 0.3) is 0 Å². The number of ether oxygens (including phenoxy) is 1. The van der Waals surface area contributed by atoms with Gasteiger partial charge < -0.3 is 14.5 Å². The van der Waals surface area contributed by atoms with Crippen LogP contribution in [-0.2, 0) is 21.7 Å². The average Bonchev–Trinajstić information content (AvgIpc) is 3.32. The minimum absolute atomic E-state index is 0.0650. The van der Waals surface area contributed by atoms with Crippen LogP contribution in [0.15, 0.2) is 30.9 Å². The summed E-state index contributed by atoms with van der Waals surface area (Å²) < 4.78 is 21.9. The molecule has 1 aromatic rings. The Morgan fingerprint density at radius 1 is 1.15 bits per heavy atom. The number of nitriles is 1. The average molecular weight is 679 g/mol. The number of rotatable bonds is 7. The van der Waals surface area contributed by atoms with Crippen LogP contribution in [-0.4, -0.2) is 107 Å². The molecular formula is C38H55FN6O2S. The molecule has 2 aliphatic carbocycles. The van der Waals surface area contributed by atoms with Gasteiger partial charge in [-0.05, 0) is 82.7 Å². The second kappa shape index (κ2) is 15.1. The van der Waals surface area contributed by atoms with E-state index in [2.05, 4.69) is 45.8 Å². The molecule has 6 aliphatic rings. The van der Waals surface area contributed by atoms with Gasteiger partial charge in [-0.1, -0.05) is 44.4 Å². The van der Waals surface area contributed by atoms with Gasteiger partial charge in [-0.25, -0.2) is 9.29 Å². The van der Waals surface area contributed by atoms with Crippen LogP contribution in [0.3, 0.4) is 0 Å². The molecule has 0 bridgehead atoms. The van der Waals surface area contributed by atoms with Crippen LogP contribution in [0.2, 0.25) is 0 Å². The Hall–Kier alpha value is -2.00. The molecule has 7 rings (SSSR count).